The van der Waals surface area contributed by atoms with Crippen molar-refractivity contribution in [3.8, 4) is 16.8 Å². The number of rotatable bonds is 3. The molecule has 0 fully saturated rings. The summed E-state index contributed by atoms with van der Waals surface area (Å²) in [5.41, 5.74) is 19.2. The monoisotopic (exact) mass is 766 g/mol. The van der Waals surface area contributed by atoms with Gasteiger partial charge in [-0.05, 0) is 117 Å². The van der Waals surface area contributed by atoms with Crippen LogP contribution in [0.15, 0.2) is 130 Å². The van der Waals surface area contributed by atoms with Gasteiger partial charge in [0, 0.05) is 60.5 Å². The van der Waals surface area contributed by atoms with Gasteiger partial charge in [-0.25, -0.2) is 0 Å². The molecule has 0 amide bonds. The van der Waals surface area contributed by atoms with Gasteiger partial charge < -0.3 is 18.7 Å². The summed E-state index contributed by atoms with van der Waals surface area (Å²) in [6.07, 6.45) is 2.32. The number of benzene rings is 7. The smallest absolute Gasteiger partial charge is 0.198 e. The van der Waals surface area contributed by atoms with Gasteiger partial charge in [0.05, 0.1) is 5.52 Å². The zero-order chi connectivity index (χ0) is 40.2. The predicted molar refractivity (Wildman–Crippen MR) is 251 cm³/mol. The molecule has 0 saturated carbocycles. The molecule has 12 rings (SSSR count). The Labute approximate surface area is 345 Å². The molecule has 0 unspecified atom stereocenters. The Morgan fingerprint density at radius 3 is 2.02 bits per heavy atom. The average molecular weight is 767 g/mol. The maximum atomic E-state index is 6.55. The highest BCUT2D eigenvalue weighted by Gasteiger charge is 2.38. The fourth-order valence-electron chi connectivity index (χ4n) is 10.7. The molecule has 0 radical (unpaired) electrons. The Bertz CT molecular complexity index is 3420. The number of hydrogen-bond acceptors (Lipinski definition) is 3. The van der Waals surface area contributed by atoms with Crippen molar-refractivity contribution in [2.45, 2.75) is 77.6 Å². The van der Waals surface area contributed by atoms with Crippen LogP contribution in [-0.4, -0.2) is 11.8 Å². The van der Waals surface area contributed by atoms with Crippen LogP contribution in [0.1, 0.15) is 78.0 Å². The van der Waals surface area contributed by atoms with Crippen LogP contribution in [-0.2, 0) is 16.2 Å². The minimum Gasteiger partial charge on any atom is -0.456 e. The number of nitrogens with one attached hydrogen (secondary N) is 1. The first-order valence-corrected chi connectivity index (χ1v) is 21.3. The molecule has 288 valence electrons. The summed E-state index contributed by atoms with van der Waals surface area (Å²) in [5.74, 6) is 0. The maximum Gasteiger partial charge on any atom is 0.198 e. The number of furan rings is 2. The lowest BCUT2D eigenvalue weighted by Crippen LogP contribution is -2.37. The lowest BCUT2D eigenvalue weighted by molar-refractivity contribution is 0.332. The van der Waals surface area contributed by atoms with E-state index in [-0.39, 0.29) is 16.2 Å². The molecule has 1 aliphatic carbocycles. The average Bonchev–Trinajstić information content (AvgIpc) is 3.89. The molecule has 4 heterocycles. The lowest BCUT2D eigenvalue weighted by Gasteiger charge is -2.42. The first kappa shape index (κ1) is 34.8. The molecule has 59 heavy (non-hydrogen) atoms. The van der Waals surface area contributed by atoms with Gasteiger partial charge in [0.15, 0.2) is 7.28 Å². The summed E-state index contributed by atoms with van der Waals surface area (Å²) < 4.78 is 15.6. The van der Waals surface area contributed by atoms with Crippen LogP contribution in [0.25, 0.3) is 82.5 Å². The number of nitrogens with zero attached hydrogens (tertiary/aromatic N) is 1. The summed E-state index contributed by atoms with van der Waals surface area (Å²) in [5, 5.41) is 11.1. The molecule has 0 spiro atoms. The fraction of sp³-hybridized carbons (Fsp3) is 0.222. The van der Waals surface area contributed by atoms with E-state index in [0.717, 1.165) is 70.0 Å². The van der Waals surface area contributed by atoms with Crippen molar-refractivity contribution in [3.05, 3.63) is 138 Å². The molecule has 0 atom stereocenters. The summed E-state index contributed by atoms with van der Waals surface area (Å²) >= 11 is 0. The molecule has 5 heteroatoms. The van der Waals surface area contributed by atoms with Crippen molar-refractivity contribution in [2.24, 2.45) is 0 Å². The molecular formula is C54H47BN2O2. The molecule has 1 N–H and O–H groups in total. The maximum absolute atomic E-state index is 6.55. The van der Waals surface area contributed by atoms with Gasteiger partial charge in [-0.15, -0.1) is 0 Å². The van der Waals surface area contributed by atoms with Crippen LogP contribution in [0.2, 0.25) is 0 Å². The SMILES string of the molecule is CC(C)(C)c1ccc(Nc2cc3c(cc2-c2ccc4c5c6c(ccc5n5c4c2Bc2cc4oc7ccccc7c4cc2-5)oc2ccccc26)C(C)(C)CCC3(C)C)cc1. The van der Waals surface area contributed by atoms with Crippen molar-refractivity contribution in [1.29, 1.82) is 0 Å². The largest absolute Gasteiger partial charge is 0.456 e. The summed E-state index contributed by atoms with van der Waals surface area (Å²) in [6.45, 7) is 16.5. The minimum absolute atomic E-state index is 0.0518. The van der Waals surface area contributed by atoms with E-state index in [0.29, 0.717) is 0 Å². The van der Waals surface area contributed by atoms with Gasteiger partial charge in [0.25, 0.3) is 0 Å². The van der Waals surface area contributed by atoms with Crippen LogP contribution in [0.3, 0.4) is 0 Å². The van der Waals surface area contributed by atoms with E-state index in [1.165, 1.54) is 71.6 Å². The highest BCUT2D eigenvalue weighted by molar-refractivity contribution is 6.74. The third kappa shape index (κ3) is 4.97. The lowest BCUT2D eigenvalue weighted by atomic mass is 9.58. The molecule has 4 nitrogen and oxygen atoms in total. The second-order valence-electron chi connectivity index (χ2n) is 19.7. The van der Waals surface area contributed by atoms with E-state index in [1.54, 1.807) is 0 Å². The van der Waals surface area contributed by atoms with Gasteiger partial charge in [-0.3, -0.25) is 0 Å². The Kier molecular flexibility index (Phi) is 6.92. The van der Waals surface area contributed by atoms with Crippen LogP contribution >= 0.6 is 0 Å². The number of anilines is 2. The quantitative estimate of drug-likeness (QED) is 0.182. The number of hydrogen-bond donors (Lipinski definition) is 1. The summed E-state index contributed by atoms with van der Waals surface area (Å²) in [4.78, 5) is 0. The highest BCUT2D eigenvalue weighted by Crippen LogP contribution is 2.50. The van der Waals surface area contributed by atoms with Gasteiger partial charge in [-0.1, -0.05) is 115 Å². The van der Waals surface area contributed by atoms with E-state index >= 15 is 0 Å². The van der Waals surface area contributed by atoms with E-state index < -0.39 is 0 Å². The van der Waals surface area contributed by atoms with E-state index in [4.69, 9.17) is 8.83 Å². The second-order valence-corrected chi connectivity index (χ2v) is 19.7. The van der Waals surface area contributed by atoms with E-state index in [9.17, 15) is 0 Å². The molecule has 0 bridgehead atoms. The first-order valence-electron chi connectivity index (χ1n) is 21.3. The molecule has 10 aromatic rings. The Morgan fingerprint density at radius 1 is 0.593 bits per heavy atom. The Morgan fingerprint density at radius 2 is 1.27 bits per heavy atom. The normalized spacial score (nSPS) is 15.6. The molecule has 3 aromatic heterocycles. The Balaban J connectivity index is 1.18. The molecule has 2 aliphatic rings. The van der Waals surface area contributed by atoms with Crippen LogP contribution in [0.5, 0.6) is 0 Å². The first-order chi connectivity index (χ1) is 28.3. The highest BCUT2D eigenvalue weighted by atomic mass is 16.3. The van der Waals surface area contributed by atoms with Crippen molar-refractivity contribution >= 4 is 95.3 Å². The molecule has 1 aliphatic heterocycles. The number of para-hydroxylation sites is 2. The number of aromatic nitrogens is 1. The van der Waals surface area contributed by atoms with Crippen molar-refractivity contribution in [3.63, 3.8) is 0 Å². The van der Waals surface area contributed by atoms with Gasteiger partial charge in [0.2, 0.25) is 0 Å². The standard InChI is InChI=1S/C54H47BN2O2/c1-52(2,3)30-16-18-31(19-17-30)56-41-28-39-38(53(4,5)24-25-54(39,6)7)26-36(41)33-20-21-35-48-42(22-23-46-49(48)34-13-9-11-15-45(34)58-46)57-43-27-37-32-12-8-10-14-44(32)59-47(37)29-40(43)55-50(33)51(35)57/h8-23,26-29,55-56H,24-25H2,1-7H3. The topological polar surface area (TPSA) is 43.2 Å². The predicted octanol–water partition coefficient (Wildman–Crippen LogP) is 13.3. The van der Waals surface area contributed by atoms with Gasteiger partial charge >= 0.3 is 0 Å². The van der Waals surface area contributed by atoms with Gasteiger partial charge in [0.1, 0.15) is 22.3 Å². The minimum atomic E-state index is 0.0518. The zero-order valence-electron chi connectivity index (χ0n) is 34.9. The van der Waals surface area contributed by atoms with Crippen LogP contribution in [0.4, 0.5) is 11.4 Å². The summed E-state index contributed by atoms with van der Waals surface area (Å²) in [7, 11) is 0.784. The zero-order valence-corrected chi connectivity index (χ0v) is 34.9. The Hall–Kier alpha value is -6.20. The summed E-state index contributed by atoms with van der Waals surface area (Å²) in [6, 6.07) is 44.9. The second kappa shape index (κ2) is 11.7. The van der Waals surface area contributed by atoms with Crippen molar-refractivity contribution in [1.82, 2.24) is 4.57 Å². The van der Waals surface area contributed by atoms with Crippen molar-refractivity contribution in [2.75, 3.05) is 5.32 Å². The fourth-order valence-corrected chi connectivity index (χ4v) is 10.7. The van der Waals surface area contributed by atoms with Crippen molar-refractivity contribution < 1.29 is 8.83 Å². The molecule has 7 aromatic carbocycles. The van der Waals surface area contributed by atoms with Crippen LogP contribution < -0.4 is 16.2 Å². The molecular weight excluding hydrogens is 719 g/mol. The van der Waals surface area contributed by atoms with Gasteiger partial charge in [-0.2, -0.15) is 0 Å². The number of fused-ring (bicyclic) bond motifs is 13. The van der Waals surface area contributed by atoms with E-state index in [1.807, 2.05) is 0 Å². The van der Waals surface area contributed by atoms with Crippen LogP contribution in [0, 0.1) is 0 Å². The third-order valence-electron chi connectivity index (χ3n) is 14.0. The van der Waals surface area contributed by atoms with E-state index in [2.05, 4.69) is 180 Å². The molecule has 0 saturated heterocycles. The third-order valence-corrected chi connectivity index (χ3v) is 14.0.